The summed E-state index contributed by atoms with van der Waals surface area (Å²) in [5.41, 5.74) is 0. The average molecular weight is 238 g/mol. The van der Waals surface area contributed by atoms with E-state index in [-0.39, 0.29) is 24.0 Å². The van der Waals surface area contributed by atoms with Crippen LogP contribution in [-0.4, -0.2) is 30.6 Å². The van der Waals surface area contributed by atoms with E-state index in [2.05, 4.69) is 0 Å². The van der Waals surface area contributed by atoms with Crippen molar-refractivity contribution in [3.63, 3.8) is 0 Å². The van der Waals surface area contributed by atoms with Crippen LogP contribution in [0.1, 0.15) is 38.5 Å². The summed E-state index contributed by atoms with van der Waals surface area (Å²) in [6.45, 7) is 0.547. The summed E-state index contributed by atoms with van der Waals surface area (Å²) in [4.78, 5) is 11.2. The van der Waals surface area contributed by atoms with Crippen LogP contribution in [-0.2, 0) is 19.0 Å². The summed E-state index contributed by atoms with van der Waals surface area (Å²) >= 11 is 0. The minimum Gasteiger partial charge on any atom is -0.456 e. The maximum atomic E-state index is 11.2. The van der Waals surface area contributed by atoms with Crippen LogP contribution in [0.3, 0.4) is 0 Å². The Balaban J connectivity index is 1.63. The largest absolute Gasteiger partial charge is 0.456 e. The first-order chi connectivity index (χ1) is 8.27. The third-order valence-corrected chi connectivity index (χ3v) is 3.80. The lowest BCUT2D eigenvalue weighted by atomic mass is 9.94. The zero-order chi connectivity index (χ0) is 11.7. The molecule has 94 valence electrons. The van der Waals surface area contributed by atoms with Gasteiger partial charge in [0.15, 0.2) is 5.79 Å². The number of hydrogen-bond acceptors (Lipinski definition) is 4. The lowest BCUT2D eigenvalue weighted by Crippen LogP contribution is -2.38. The fourth-order valence-corrected chi connectivity index (χ4v) is 2.88. The van der Waals surface area contributed by atoms with Gasteiger partial charge in [-0.05, 0) is 12.8 Å². The first-order valence-electron chi connectivity index (χ1n) is 6.46. The third-order valence-electron chi connectivity index (χ3n) is 3.80. The standard InChI is InChI=1S/C13H18O4/c14-12-6-4-5-10(16-12)11-9-15-13(17-11)7-2-1-3-8-13/h4,6,10-11H,1-3,5,7-9H2/t10-,11+/m0/s1. The van der Waals surface area contributed by atoms with E-state index < -0.39 is 0 Å². The van der Waals surface area contributed by atoms with E-state index in [1.54, 1.807) is 0 Å². The Morgan fingerprint density at radius 2 is 2.00 bits per heavy atom. The first kappa shape index (κ1) is 11.2. The fraction of sp³-hybridized carbons (Fsp3) is 0.769. The molecule has 0 aromatic rings. The summed E-state index contributed by atoms with van der Waals surface area (Å²) < 4.78 is 17.2. The van der Waals surface area contributed by atoms with Gasteiger partial charge in [-0.15, -0.1) is 0 Å². The van der Waals surface area contributed by atoms with Gasteiger partial charge >= 0.3 is 5.97 Å². The molecule has 2 heterocycles. The van der Waals surface area contributed by atoms with Crippen molar-refractivity contribution >= 4 is 5.97 Å². The van der Waals surface area contributed by atoms with Crippen LogP contribution in [0.5, 0.6) is 0 Å². The molecular weight excluding hydrogens is 220 g/mol. The van der Waals surface area contributed by atoms with E-state index in [0.29, 0.717) is 6.61 Å². The smallest absolute Gasteiger partial charge is 0.330 e. The number of esters is 1. The predicted octanol–water partition coefficient (Wildman–Crippen LogP) is 1.93. The topological polar surface area (TPSA) is 44.8 Å². The van der Waals surface area contributed by atoms with Crippen LogP contribution in [0, 0.1) is 0 Å². The van der Waals surface area contributed by atoms with Gasteiger partial charge in [0.05, 0.1) is 6.61 Å². The van der Waals surface area contributed by atoms with Gasteiger partial charge < -0.3 is 14.2 Å². The number of cyclic esters (lactones) is 1. The van der Waals surface area contributed by atoms with Crippen molar-refractivity contribution in [2.75, 3.05) is 6.61 Å². The van der Waals surface area contributed by atoms with Gasteiger partial charge in [0.2, 0.25) is 0 Å². The highest BCUT2D eigenvalue weighted by molar-refractivity contribution is 5.82. The molecule has 1 spiro atoms. The quantitative estimate of drug-likeness (QED) is 0.655. The van der Waals surface area contributed by atoms with Gasteiger partial charge in [-0.2, -0.15) is 0 Å². The minimum atomic E-state index is -0.378. The molecule has 2 aliphatic heterocycles. The fourth-order valence-electron chi connectivity index (χ4n) is 2.88. The van der Waals surface area contributed by atoms with E-state index in [4.69, 9.17) is 14.2 Å². The third kappa shape index (κ3) is 2.24. The monoisotopic (exact) mass is 238 g/mol. The Labute approximate surface area is 101 Å². The lowest BCUT2D eigenvalue weighted by Gasteiger charge is -2.32. The lowest BCUT2D eigenvalue weighted by molar-refractivity contribution is -0.199. The van der Waals surface area contributed by atoms with Crippen molar-refractivity contribution in [2.24, 2.45) is 0 Å². The van der Waals surface area contributed by atoms with E-state index in [1.165, 1.54) is 12.5 Å². The van der Waals surface area contributed by atoms with E-state index in [0.717, 1.165) is 32.1 Å². The second-order valence-corrected chi connectivity index (χ2v) is 5.05. The van der Waals surface area contributed by atoms with Crippen LogP contribution in [0.2, 0.25) is 0 Å². The summed E-state index contributed by atoms with van der Waals surface area (Å²) in [6, 6.07) is 0. The Hall–Kier alpha value is -0.870. The summed E-state index contributed by atoms with van der Waals surface area (Å²) in [6.07, 6.45) is 9.33. The van der Waals surface area contributed by atoms with Crippen molar-refractivity contribution in [1.29, 1.82) is 0 Å². The highest BCUT2D eigenvalue weighted by Crippen LogP contribution is 2.39. The van der Waals surface area contributed by atoms with E-state index >= 15 is 0 Å². The number of carbonyl (C=O) groups is 1. The van der Waals surface area contributed by atoms with Crippen molar-refractivity contribution in [3.8, 4) is 0 Å². The highest BCUT2D eigenvalue weighted by atomic mass is 16.8. The van der Waals surface area contributed by atoms with E-state index in [9.17, 15) is 4.79 Å². The summed E-state index contributed by atoms with van der Waals surface area (Å²) in [5.74, 6) is -0.648. The van der Waals surface area contributed by atoms with Crippen LogP contribution < -0.4 is 0 Å². The molecule has 0 unspecified atom stereocenters. The molecule has 1 saturated heterocycles. The van der Waals surface area contributed by atoms with Crippen LogP contribution in [0.4, 0.5) is 0 Å². The Kier molecular flexibility index (Phi) is 2.92. The number of carbonyl (C=O) groups excluding carboxylic acids is 1. The molecule has 2 fully saturated rings. The van der Waals surface area contributed by atoms with Crippen molar-refractivity contribution in [1.82, 2.24) is 0 Å². The van der Waals surface area contributed by atoms with Crippen LogP contribution in [0.15, 0.2) is 12.2 Å². The average Bonchev–Trinajstić information content (AvgIpc) is 2.74. The summed E-state index contributed by atoms with van der Waals surface area (Å²) in [7, 11) is 0. The molecule has 1 aliphatic carbocycles. The molecule has 0 amide bonds. The van der Waals surface area contributed by atoms with E-state index in [1.807, 2.05) is 6.08 Å². The van der Waals surface area contributed by atoms with Crippen LogP contribution >= 0.6 is 0 Å². The molecule has 0 bridgehead atoms. The van der Waals surface area contributed by atoms with Gasteiger partial charge in [0, 0.05) is 25.3 Å². The molecule has 2 atom stereocenters. The molecule has 0 radical (unpaired) electrons. The number of rotatable bonds is 1. The van der Waals surface area contributed by atoms with Crippen molar-refractivity contribution in [2.45, 2.75) is 56.5 Å². The van der Waals surface area contributed by atoms with Gasteiger partial charge in [-0.3, -0.25) is 0 Å². The first-order valence-corrected chi connectivity index (χ1v) is 6.46. The molecule has 0 aromatic carbocycles. The van der Waals surface area contributed by atoms with Crippen molar-refractivity contribution < 1.29 is 19.0 Å². The van der Waals surface area contributed by atoms with Crippen molar-refractivity contribution in [3.05, 3.63) is 12.2 Å². The Morgan fingerprint density at radius 3 is 2.76 bits per heavy atom. The molecular formula is C13H18O4. The maximum absolute atomic E-state index is 11.2. The molecule has 3 aliphatic rings. The van der Waals surface area contributed by atoms with Gasteiger partial charge in [0.25, 0.3) is 0 Å². The molecule has 3 rings (SSSR count). The zero-order valence-corrected chi connectivity index (χ0v) is 9.89. The zero-order valence-electron chi connectivity index (χ0n) is 9.89. The van der Waals surface area contributed by atoms with Crippen LogP contribution in [0.25, 0.3) is 0 Å². The second kappa shape index (κ2) is 4.42. The number of ether oxygens (including phenoxy) is 3. The molecule has 17 heavy (non-hydrogen) atoms. The number of hydrogen-bond donors (Lipinski definition) is 0. The molecule has 1 saturated carbocycles. The second-order valence-electron chi connectivity index (χ2n) is 5.05. The predicted molar refractivity (Wildman–Crippen MR) is 60.3 cm³/mol. The highest BCUT2D eigenvalue weighted by Gasteiger charge is 2.45. The summed E-state index contributed by atoms with van der Waals surface area (Å²) in [5, 5.41) is 0. The SMILES string of the molecule is O=C1C=CC[C@@H]([C@H]2COC3(CCCCC3)O2)O1. The minimum absolute atomic E-state index is 0.0954. The maximum Gasteiger partial charge on any atom is 0.330 e. The van der Waals surface area contributed by atoms with Gasteiger partial charge in [-0.25, -0.2) is 4.79 Å². The molecule has 4 nitrogen and oxygen atoms in total. The molecule has 4 heteroatoms. The molecule has 0 N–H and O–H groups in total. The van der Waals surface area contributed by atoms with Gasteiger partial charge in [-0.1, -0.05) is 12.5 Å². The normalized spacial score (nSPS) is 36.1. The molecule has 0 aromatic heterocycles. The Bertz CT molecular complexity index is 330. The Morgan fingerprint density at radius 1 is 1.18 bits per heavy atom. The van der Waals surface area contributed by atoms with Gasteiger partial charge in [0.1, 0.15) is 12.2 Å².